The number of carbonyl (C=O) groups is 2. The molecule has 2 amide bonds. The summed E-state index contributed by atoms with van der Waals surface area (Å²) in [5, 5.41) is 22.8. The number of morpholine rings is 1. The molecule has 0 saturated carbocycles. The van der Waals surface area contributed by atoms with Crippen molar-refractivity contribution in [2.24, 2.45) is 0 Å². The van der Waals surface area contributed by atoms with Crippen LogP contribution in [0.1, 0.15) is 35.4 Å². The molecule has 1 unspecified atom stereocenters. The number of furan rings is 1. The van der Waals surface area contributed by atoms with Gasteiger partial charge in [0.1, 0.15) is 12.3 Å². The Morgan fingerprint density at radius 2 is 1.75 bits per heavy atom. The topological polar surface area (TPSA) is 162 Å². The van der Waals surface area contributed by atoms with E-state index in [1.165, 1.54) is 11.2 Å². The number of benzene rings is 1. The minimum absolute atomic E-state index is 0.135. The lowest BCUT2D eigenvalue weighted by Crippen LogP contribution is -2.46. The SMILES string of the molecule is O=C(CN(CCCN1CCOCC1)C(=O)c1cc([N+](=O)[O-])cc([N+](=O)[O-])c1)N(Cc1ccco1)CC1CCCO1. The maximum absolute atomic E-state index is 13.6. The van der Waals surface area contributed by atoms with Crippen molar-refractivity contribution in [3.05, 3.63) is 68.1 Å². The number of nitro groups is 2. The molecule has 4 rings (SSSR count). The highest BCUT2D eigenvalue weighted by atomic mass is 16.6. The first-order valence-corrected chi connectivity index (χ1v) is 13.2. The second kappa shape index (κ2) is 14.0. The quantitative estimate of drug-likeness (QED) is 0.263. The minimum Gasteiger partial charge on any atom is -0.467 e. The Hall–Kier alpha value is -3.88. The van der Waals surface area contributed by atoms with E-state index in [4.69, 9.17) is 13.9 Å². The number of nitrogens with zero attached hydrogens (tertiary/aromatic N) is 5. The van der Waals surface area contributed by atoms with Crippen LogP contribution in [0.5, 0.6) is 0 Å². The predicted molar refractivity (Wildman–Crippen MR) is 141 cm³/mol. The van der Waals surface area contributed by atoms with Gasteiger partial charge in [-0.15, -0.1) is 0 Å². The molecule has 14 nitrogen and oxygen atoms in total. The van der Waals surface area contributed by atoms with Gasteiger partial charge in [0, 0.05) is 51.5 Å². The molecule has 2 saturated heterocycles. The lowest BCUT2D eigenvalue weighted by molar-refractivity contribution is -0.394. The number of ether oxygens (including phenoxy) is 2. The van der Waals surface area contributed by atoms with Crippen LogP contribution in [0.25, 0.3) is 0 Å². The third-order valence-corrected chi connectivity index (χ3v) is 6.92. The highest BCUT2D eigenvalue weighted by Crippen LogP contribution is 2.24. The summed E-state index contributed by atoms with van der Waals surface area (Å²) in [6.45, 7) is 4.37. The van der Waals surface area contributed by atoms with Crippen molar-refractivity contribution in [3.63, 3.8) is 0 Å². The Balaban J connectivity index is 1.55. The van der Waals surface area contributed by atoms with Crippen molar-refractivity contribution in [1.82, 2.24) is 14.7 Å². The normalized spacial score (nSPS) is 17.4. The summed E-state index contributed by atoms with van der Waals surface area (Å²) >= 11 is 0. The Morgan fingerprint density at radius 3 is 2.35 bits per heavy atom. The van der Waals surface area contributed by atoms with Gasteiger partial charge in [0.2, 0.25) is 5.91 Å². The number of carbonyl (C=O) groups excluding carboxylic acids is 2. The number of hydrogen-bond donors (Lipinski definition) is 0. The summed E-state index contributed by atoms with van der Waals surface area (Å²) in [7, 11) is 0. The monoisotopic (exact) mass is 559 g/mol. The van der Waals surface area contributed by atoms with Gasteiger partial charge in [-0.05, 0) is 31.4 Å². The molecule has 216 valence electrons. The molecule has 2 aromatic rings. The Labute approximate surface area is 230 Å². The Morgan fingerprint density at radius 1 is 1.02 bits per heavy atom. The predicted octanol–water partition coefficient (Wildman–Crippen LogP) is 2.47. The smallest absolute Gasteiger partial charge is 0.277 e. The van der Waals surface area contributed by atoms with E-state index in [-0.39, 0.29) is 37.2 Å². The van der Waals surface area contributed by atoms with E-state index in [1.54, 1.807) is 17.0 Å². The zero-order chi connectivity index (χ0) is 28.5. The molecule has 0 spiro atoms. The molecule has 1 atom stereocenters. The van der Waals surface area contributed by atoms with Crippen molar-refractivity contribution >= 4 is 23.2 Å². The van der Waals surface area contributed by atoms with E-state index >= 15 is 0 Å². The molecule has 3 heterocycles. The lowest BCUT2D eigenvalue weighted by atomic mass is 10.1. The fourth-order valence-corrected chi connectivity index (χ4v) is 4.82. The molecule has 0 N–H and O–H groups in total. The summed E-state index contributed by atoms with van der Waals surface area (Å²) in [6, 6.07) is 6.28. The van der Waals surface area contributed by atoms with Gasteiger partial charge in [0.15, 0.2) is 0 Å². The molecule has 0 radical (unpaired) electrons. The maximum atomic E-state index is 13.6. The van der Waals surface area contributed by atoms with Crippen molar-refractivity contribution < 1.29 is 33.3 Å². The second-order valence-electron chi connectivity index (χ2n) is 9.78. The van der Waals surface area contributed by atoms with Gasteiger partial charge < -0.3 is 23.7 Å². The van der Waals surface area contributed by atoms with Crippen LogP contribution in [0, 0.1) is 20.2 Å². The first-order chi connectivity index (χ1) is 19.3. The zero-order valence-corrected chi connectivity index (χ0v) is 22.1. The first-order valence-electron chi connectivity index (χ1n) is 13.2. The van der Waals surface area contributed by atoms with Crippen LogP contribution in [0.4, 0.5) is 11.4 Å². The average molecular weight is 560 g/mol. The number of non-ortho nitro benzene ring substituents is 2. The third kappa shape index (κ3) is 8.07. The van der Waals surface area contributed by atoms with E-state index in [1.807, 2.05) is 0 Å². The van der Waals surface area contributed by atoms with Crippen LogP contribution in [0.3, 0.4) is 0 Å². The van der Waals surface area contributed by atoms with Gasteiger partial charge in [0.25, 0.3) is 17.3 Å². The molecule has 0 aliphatic carbocycles. The van der Waals surface area contributed by atoms with Gasteiger partial charge in [-0.2, -0.15) is 0 Å². The van der Waals surface area contributed by atoms with Crippen LogP contribution in [-0.2, 0) is 20.8 Å². The van der Waals surface area contributed by atoms with E-state index in [0.29, 0.717) is 45.1 Å². The molecule has 1 aromatic carbocycles. The van der Waals surface area contributed by atoms with Crippen LogP contribution in [0.2, 0.25) is 0 Å². The minimum atomic E-state index is -0.787. The molecule has 2 aliphatic heterocycles. The number of rotatable bonds is 13. The maximum Gasteiger partial charge on any atom is 0.277 e. The highest BCUT2D eigenvalue weighted by molar-refractivity contribution is 5.97. The van der Waals surface area contributed by atoms with Crippen LogP contribution in [-0.4, -0.2) is 102 Å². The van der Waals surface area contributed by atoms with Crippen LogP contribution < -0.4 is 0 Å². The van der Waals surface area contributed by atoms with E-state index < -0.39 is 27.1 Å². The van der Waals surface area contributed by atoms with Gasteiger partial charge in [0.05, 0.1) is 53.6 Å². The number of hydrogen-bond acceptors (Lipinski definition) is 10. The molecule has 1 aromatic heterocycles. The zero-order valence-electron chi connectivity index (χ0n) is 22.1. The van der Waals surface area contributed by atoms with Gasteiger partial charge in [-0.1, -0.05) is 0 Å². The first kappa shape index (κ1) is 29.1. The van der Waals surface area contributed by atoms with Gasteiger partial charge >= 0.3 is 0 Å². The van der Waals surface area contributed by atoms with Crippen LogP contribution >= 0.6 is 0 Å². The summed E-state index contributed by atoms with van der Waals surface area (Å²) in [5.41, 5.74) is -1.37. The summed E-state index contributed by atoms with van der Waals surface area (Å²) in [4.78, 5) is 53.6. The number of amides is 2. The highest BCUT2D eigenvalue weighted by Gasteiger charge is 2.29. The summed E-state index contributed by atoms with van der Waals surface area (Å²) in [6.07, 6.45) is 3.61. The van der Waals surface area contributed by atoms with Gasteiger partial charge in [-0.25, -0.2) is 0 Å². The molecular weight excluding hydrogens is 526 g/mol. The lowest BCUT2D eigenvalue weighted by Gasteiger charge is -2.30. The fourth-order valence-electron chi connectivity index (χ4n) is 4.82. The number of nitro benzene ring substituents is 2. The summed E-state index contributed by atoms with van der Waals surface area (Å²) in [5.74, 6) is -0.477. The van der Waals surface area contributed by atoms with E-state index in [0.717, 1.165) is 44.1 Å². The Bertz CT molecular complexity index is 1140. The average Bonchev–Trinajstić information content (AvgIpc) is 3.66. The molecule has 2 aliphatic rings. The Kier molecular flexibility index (Phi) is 10.2. The van der Waals surface area contributed by atoms with Crippen LogP contribution in [0.15, 0.2) is 41.0 Å². The second-order valence-corrected chi connectivity index (χ2v) is 9.78. The molecule has 40 heavy (non-hydrogen) atoms. The molecule has 14 heteroatoms. The molecule has 0 bridgehead atoms. The van der Waals surface area contributed by atoms with Crippen molar-refractivity contribution in [1.29, 1.82) is 0 Å². The van der Waals surface area contributed by atoms with E-state index in [9.17, 15) is 29.8 Å². The standard InChI is InChI=1S/C26H33N5O9/c32-25(29(17-23-4-1-10-39-23)18-24-5-2-11-40-24)19-28(7-3-6-27-8-12-38-13-9-27)26(33)20-14-21(30(34)35)16-22(15-20)31(36)37/h1,4,10,14-16,24H,2-3,5-9,11-13,17-19H2. The third-order valence-electron chi connectivity index (χ3n) is 6.92. The van der Waals surface area contributed by atoms with Gasteiger partial charge in [-0.3, -0.25) is 34.7 Å². The van der Waals surface area contributed by atoms with E-state index in [2.05, 4.69) is 4.90 Å². The molecular formula is C26H33N5O9. The van der Waals surface area contributed by atoms with Crippen molar-refractivity contribution in [3.8, 4) is 0 Å². The summed E-state index contributed by atoms with van der Waals surface area (Å²) < 4.78 is 16.6. The largest absolute Gasteiger partial charge is 0.467 e. The van der Waals surface area contributed by atoms with Crippen molar-refractivity contribution in [2.45, 2.75) is 31.9 Å². The molecule has 2 fully saturated rings. The fraction of sp³-hybridized carbons (Fsp3) is 0.538. The van der Waals surface area contributed by atoms with Crippen molar-refractivity contribution in [2.75, 3.05) is 59.1 Å².